The summed E-state index contributed by atoms with van der Waals surface area (Å²) in [6.45, 7) is 6.43. The number of nitrogens with zero attached hydrogens (tertiary/aromatic N) is 1. The van der Waals surface area contributed by atoms with E-state index in [9.17, 15) is 0 Å². The summed E-state index contributed by atoms with van der Waals surface area (Å²) >= 11 is 1.76. The van der Waals surface area contributed by atoms with Crippen LogP contribution in [0.2, 0.25) is 0 Å². The van der Waals surface area contributed by atoms with Gasteiger partial charge in [0.1, 0.15) is 10.6 Å². The van der Waals surface area contributed by atoms with Crippen molar-refractivity contribution in [3.63, 3.8) is 0 Å². The molecular formula is C13H22N2O2S. The molecule has 5 heteroatoms. The van der Waals surface area contributed by atoms with Crippen molar-refractivity contribution in [2.45, 2.75) is 38.3 Å². The number of thiazole rings is 1. The average molecular weight is 270 g/mol. The quantitative estimate of drug-likeness (QED) is 0.892. The Morgan fingerprint density at radius 3 is 2.89 bits per heavy atom. The van der Waals surface area contributed by atoms with Gasteiger partial charge in [-0.3, -0.25) is 0 Å². The fraction of sp³-hybridized carbons (Fsp3) is 0.769. The Labute approximate surface area is 113 Å². The molecule has 0 bridgehead atoms. The lowest BCUT2D eigenvalue weighted by Gasteiger charge is -2.35. The maximum Gasteiger partial charge on any atom is 0.125 e. The summed E-state index contributed by atoms with van der Waals surface area (Å²) in [5, 5.41) is 4.35. The Morgan fingerprint density at radius 1 is 1.56 bits per heavy atom. The molecule has 1 aliphatic heterocycles. The number of rotatable bonds is 5. The van der Waals surface area contributed by atoms with Crippen LogP contribution in [-0.4, -0.2) is 31.9 Å². The molecule has 1 unspecified atom stereocenters. The third kappa shape index (κ3) is 2.74. The standard InChI is InChI=1S/C13H22N2O2S/c1-4-17-13(5-7-16-8-6-13)12-15-9-11(18-12)10(2)14-3/h9-10,14H,4-8H2,1-3H3. The third-order valence-electron chi connectivity index (χ3n) is 3.49. The second-order valence-corrected chi connectivity index (χ2v) is 5.68. The highest BCUT2D eigenvalue weighted by molar-refractivity contribution is 7.11. The van der Waals surface area contributed by atoms with Crippen LogP contribution in [0.1, 0.15) is 42.6 Å². The Balaban J connectivity index is 2.22. The summed E-state index contributed by atoms with van der Waals surface area (Å²) in [6, 6.07) is 0.342. The minimum atomic E-state index is -0.219. The van der Waals surface area contributed by atoms with Gasteiger partial charge in [-0.25, -0.2) is 4.98 Å². The van der Waals surface area contributed by atoms with Crippen molar-refractivity contribution >= 4 is 11.3 Å². The summed E-state index contributed by atoms with van der Waals surface area (Å²) in [7, 11) is 1.97. The molecule has 1 aromatic heterocycles. The van der Waals surface area contributed by atoms with Gasteiger partial charge in [0.15, 0.2) is 0 Å². The molecule has 2 rings (SSSR count). The highest BCUT2D eigenvalue weighted by Gasteiger charge is 2.38. The molecule has 2 heterocycles. The van der Waals surface area contributed by atoms with Crippen molar-refractivity contribution in [1.82, 2.24) is 10.3 Å². The van der Waals surface area contributed by atoms with Gasteiger partial charge in [0, 0.05) is 49.8 Å². The first-order chi connectivity index (χ1) is 8.72. The lowest BCUT2D eigenvalue weighted by atomic mass is 9.95. The van der Waals surface area contributed by atoms with Gasteiger partial charge in [-0.1, -0.05) is 0 Å². The van der Waals surface area contributed by atoms with Gasteiger partial charge in [-0.15, -0.1) is 11.3 Å². The zero-order chi connectivity index (χ0) is 13.0. The Hall–Kier alpha value is -0.490. The lowest BCUT2D eigenvalue weighted by molar-refractivity contribution is -0.112. The van der Waals surface area contributed by atoms with Crippen LogP contribution in [-0.2, 0) is 15.1 Å². The molecule has 1 saturated heterocycles. The van der Waals surface area contributed by atoms with E-state index in [2.05, 4.69) is 17.2 Å². The zero-order valence-corrected chi connectivity index (χ0v) is 12.2. The minimum absolute atomic E-state index is 0.219. The molecule has 0 aromatic carbocycles. The van der Waals surface area contributed by atoms with E-state index >= 15 is 0 Å². The Morgan fingerprint density at radius 2 is 2.28 bits per heavy atom. The van der Waals surface area contributed by atoms with Gasteiger partial charge >= 0.3 is 0 Å². The van der Waals surface area contributed by atoms with Crippen LogP contribution < -0.4 is 5.32 Å². The molecule has 1 aliphatic rings. The molecule has 0 amide bonds. The van der Waals surface area contributed by atoms with E-state index in [4.69, 9.17) is 9.47 Å². The molecule has 0 saturated carbocycles. The van der Waals surface area contributed by atoms with Crippen LogP contribution in [0.3, 0.4) is 0 Å². The SMILES string of the molecule is CCOC1(c2ncc(C(C)NC)s2)CCOCC1. The summed E-state index contributed by atoms with van der Waals surface area (Å²) < 4.78 is 11.5. The Bertz CT molecular complexity index is 369. The molecular weight excluding hydrogens is 248 g/mol. The first kappa shape index (κ1) is 13.9. The van der Waals surface area contributed by atoms with Crippen LogP contribution >= 0.6 is 11.3 Å². The highest BCUT2D eigenvalue weighted by Crippen LogP contribution is 2.39. The minimum Gasteiger partial charge on any atom is -0.381 e. The lowest BCUT2D eigenvalue weighted by Crippen LogP contribution is -2.36. The maximum absolute atomic E-state index is 6.03. The largest absolute Gasteiger partial charge is 0.381 e. The van der Waals surface area contributed by atoms with Gasteiger partial charge in [-0.05, 0) is 20.9 Å². The molecule has 1 atom stereocenters. The van der Waals surface area contributed by atoms with Gasteiger partial charge in [0.25, 0.3) is 0 Å². The monoisotopic (exact) mass is 270 g/mol. The van der Waals surface area contributed by atoms with Crippen LogP contribution in [0.25, 0.3) is 0 Å². The molecule has 102 valence electrons. The number of hydrogen-bond donors (Lipinski definition) is 1. The van der Waals surface area contributed by atoms with Crippen molar-refractivity contribution < 1.29 is 9.47 Å². The van der Waals surface area contributed by atoms with E-state index in [1.165, 1.54) is 4.88 Å². The second-order valence-electron chi connectivity index (χ2n) is 4.62. The molecule has 1 fully saturated rings. The number of hydrogen-bond acceptors (Lipinski definition) is 5. The zero-order valence-electron chi connectivity index (χ0n) is 11.4. The van der Waals surface area contributed by atoms with Crippen LogP contribution in [0.5, 0.6) is 0 Å². The van der Waals surface area contributed by atoms with Crippen molar-refractivity contribution in [3.8, 4) is 0 Å². The van der Waals surface area contributed by atoms with E-state index in [0.717, 1.165) is 37.7 Å². The van der Waals surface area contributed by atoms with Crippen molar-refractivity contribution in [3.05, 3.63) is 16.1 Å². The van der Waals surface area contributed by atoms with Crippen LogP contribution in [0, 0.1) is 0 Å². The van der Waals surface area contributed by atoms with Gasteiger partial charge in [0.2, 0.25) is 0 Å². The fourth-order valence-corrected chi connectivity index (χ4v) is 3.41. The predicted molar refractivity (Wildman–Crippen MR) is 72.9 cm³/mol. The second kappa shape index (κ2) is 6.10. The van der Waals surface area contributed by atoms with Crippen molar-refractivity contribution in [2.75, 3.05) is 26.9 Å². The third-order valence-corrected chi connectivity index (χ3v) is 4.86. The summed E-state index contributed by atoms with van der Waals surface area (Å²) in [5.41, 5.74) is -0.219. The van der Waals surface area contributed by atoms with Gasteiger partial charge in [-0.2, -0.15) is 0 Å². The molecule has 0 aliphatic carbocycles. The molecule has 0 radical (unpaired) electrons. The van der Waals surface area contributed by atoms with E-state index in [0.29, 0.717) is 6.04 Å². The van der Waals surface area contributed by atoms with E-state index in [1.54, 1.807) is 11.3 Å². The van der Waals surface area contributed by atoms with Crippen LogP contribution in [0.4, 0.5) is 0 Å². The molecule has 4 nitrogen and oxygen atoms in total. The topological polar surface area (TPSA) is 43.4 Å². The number of ether oxygens (including phenoxy) is 2. The van der Waals surface area contributed by atoms with Crippen LogP contribution in [0.15, 0.2) is 6.20 Å². The molecule has 1 aromatic rings. The summed E-state index contributed by atoms with van der Waals surface area (Å²) in [4.78, 5) is 5.86. The number of aromatic nitrogens is 1. The summed E-state index contributed by atoms with van der Waals surface area (Å²) in [5.74, 6) is 0. The number of nitrogens with one attached hydrogen (secondary N) is 1. The molecule has 18 heavy (non-hydrogen) atoms. The molecule has 0 spiro atoms. The van der Waals surface area contributed by atoms with Gasteiger partial charge in [0.05, 0.1) is 0 Å². The Kier molecular flexibility index (Phi) is 4.72. The first-order valence-corrected chi connectivity index (χ1v) is 7.38. The smallest absolute Gasteiger partial charge is 0.125 e. The normalized spacial score (nSPS) is 20.8. The van der Waals surface area contributed by atoms with Crippen molar-refractivity contribution in [2.24, 2.45) is 0 Å². The van der Waals surface area contributed by atoms with E-state index in [-0.39, 0.29) is 5.60 Å². The molecule has 1 N–H and O–H groups in total. The van der Waals surface area contributed by atoms with Crippen molar-refractivity contribution in [1.29, 1.82) is 0 Å². The maximum atomic E-state index is 6.03. The predicted octanol–water partition coefficient (Wildman–Crippen LogP) is 2.47. The average Bonchev–Trinajstić information content (AvgIpc) is 2.89. The fourth-order valence-electron chi connectivity index (χ4n) is 2.24. The highest BCUT2D eigenvalue weighted by atomic mass is 32.1. The van der Waals surface area contributed by atoms with Gasteiger partial charge < -0.3 is 14.8 Å². The van der Waals surface area contributed by atoms with E-state index in [1.807, 2.05) is 20.2 Å². The summed E-state index contributed by atoms with van der Waals surface area (Å²) in [6.07, 6.45) is 3.78. The van der Waals surface area contributed by atoms with E-state index < -0.39 is 0 Å². The first-order valence-electron chi connectivity index (χ1n) is 6.57.